The van der Waals surface area contributed by atoms with Crippen LogP contribution >= 0.6 is 0 Å². The molecule has 1 heterocycles. The molecule has 0 aromatic heterocycles. The molecule has 3 rings (SSSR count). The summed E-state index contributed by atoms with van der Waals surface area (Å²) in [6.45, 7) is 3.37. The molecule has 0 aromatic rings. The number of hydrogen-bond donors (Lipinski definition) is 1. The standard InChI is InChI=1S/C13H23NO/c1-2-11-7-10(1)8-12(11)9-15-13-3-5-14-6-4-13/h10-14H,1-9H2. The van der Waals surface area contributed by atoms with Crippen LogP contribution in [0.25, 0.3) is 0 Å². The molecule has 3 aliphatic rings. The number of ether oxygens (including phenoxy) is 1. The van der Waals surface area contributed by atoms with Crippen LogP contribution in [0.4, 0.5) is 0 Å². The molecule has 2 heteroatoms. The smallest absolute Gasteiger partial charge is 0.0599 e. The molecule has 0 amide bonds. The van der Waals surface area contributed by atoms with Gasteiger partial charge in [-0.3, -0.25) is 0 Å². The largest absolute Gasteiger partial charge is 0.378 e. The second-order valence-electron chi connectivity index (χ2n) is 5.72. The van der Waals surface area contributed by atoms with Crippen LogP contribution in [0.15, 0.2) is 0 Å². The fourth-order valence-corrected chi connectivity index (χ4v) is 3.80. The third-order valence-corrected chi connectivity index (χ3v) is 4.72. The van der Waals surface area contributed by atoms with Crippen molar-refractivity contribution in [2.45, 2.75) is 44.6 Å². The van der Waals surface area contributed by atoms with Gasteiger partial charge in [-0.25, -0.2) is 0 Å². The highest BCUT2D eigenvalue weighted by Crippen LogP contribution is 2.48. The maximum Gasteiger partial charge on any atom is 0.0599 e. The first kappa shape index (κ1) is 10.1. The Morgan fingerprint density at radius 3 is 2.53 bits per heavy atom. The van der Waals surface area contributed by atoms with Crippen molar-refractivity contribution >= 4 is 0 Å². The van der Waals surface area contributed by atoms with Gasteiger partial charge in [0.05, 0.1) is 12.7 Å². The lowest BCUT2D eigenvalue weighted by Gasteiger charge is -2.27. The summed E-state index contributed by atoms with van der Waals surface area (Å²) in [5.74, 6) is 3.01. The zero-order valence-corrected chi connectivity index (χ0v) is 9.58. The molecule has 86 valence electrons. The van der Waals surface area contributed by atoms with Crippen LogP contribution < -0.4 is 5.32 Å². The van der Waals surface area contributed by atoms with Gasteiger partial charge in [0, 0.05) is 0 Å². The zero-order valence-electron chi connectivity index (χ0n) is 9.58. The van der Waals surface area contributed by atoms with Crippen LogP contribution in [0.1, 0.15) is 38.5 Å². The van der Waals surface area contributed by atoms with Gasteiger partial charge in [-0.05, 0) is 62.9 Å². The third-order valence-electron chi connectivity index (χ3n) is 4.72. The van der Waals surface area contributed by atoms with Gasteiger partial charge in [0.2, 0.25) is 0 Å². The first-order valence-electron chi connectivity index (χ1n) is 6.74. The number of nitrogens with one attached hydrogen (secondary N) is 1. The van der Waals surface area contributed by atoms with Crippen LogP contribution in [-0.4, -0.2) is 25.8 Å². The van der Waals surface area contributed by atoms with E-state index in [9.17, 15) is 0 Å². The predicted molar refractivity (Wildman–Crippen MR) is 60.8 cm³/mol. The van der Waals surface area contributed by atoms with Crippen molar-refractivity contribution in [1.29, 1.82) is 0 Å². The van der Waals surface area contributed by atoms with Crippen LogP contribution in [0.5, 0.6) is 0 Å². The van der Waals surface area contributed by atoms with E-state index in [4.69, 9.17) is 4.74 Å². The van der Waals surface area contributed by atoms with E-state index < -0.39 is 0 Å². The molecule has 3 fully saturated rings. The molecule has 3 unspecified atom stereocenters. The second-order valence-corrected chi connectivity index (χ2v) is 5.72. The molecule has 2 saturated carbocycles. The number of hydrogen-bond acceptors (Lipinski definition) is 2. The highest BCUT2D eigenvalue weighted by atomic mass is 16.5. The molecule has 0 radical (unpaired) electrons. The summed E-state index contributed by atoms with van der Waals surface area (Å²) in [4.78, 5) is 0. The van der Waals surface area contributed by atoms with E-state index in [-0.39, 0.29) is 0 Å². The summed E-state index contributed by atoms with van der Waals surface area (Å²) in [6.07, 6.45) is 8.99. The molecular weight excluding hydrogens is 186 g/mol. The molecule has 2 nitrogen and oxygen atoms in total. The van der Waals surface area contributed by atoms with Crippen molar-refractivity contribution in [2.75, 3.05) is 19.7 Å². The van der Waals surface area contributed by atoms with Gasteiger partial charge < -0.3 is 10.1 Å². The van der Waals surface area contributed by atoms with Crippen molar-refractivity contribution in [3.63, 3.8) is 0 Å². The van der Waals surface area contributed by atoms with E-state index >= 15 is 0 Å². The Bertz CT molecular complexity index is 213. The Kier molecular flexibility index (Phi) is 2.98. The lowest BCUT2D eigenvalue weighted by atomic mass is 9.89. The summed E-state index contributed by atoms with van der Waals surface area (Å²) in [5.41, 5.74) is 0. The van der Waals surface area contributed by atoms with Gasteiger partial charge in [0.15, 0.2) is 0 Å². The SMILES string of the molecule is C1CC(OCC2CC3CCC2C3)CCN1. The Labute approximate surface area is 92.8 Å². The van der Waals surface area contributed by atoms with Gasteiger partial charge in [-0.1, -0.05) is 6.42 Å². The first-order chi connectivity index (χ1) is 7.42. The van der Waals surface area contributed by atoms with E-state index in [1.807, 2.05) is 0 Å². The van der Waals surface area contributed by atoms with Crippen LogP contribution in [0.3, 0.4) is 0 Å². The van der Waals surface area contributed by atoms with E-state index in [1.165, 1.54) is 38.5 Å². The minimum Gasteiger partial charge on any atom is -0.378 e. The van der Waals surface area contributed by atoms with Crippen LogP contribution in [-0.2, 0) is 4.74 Å². The maximum atomic E-state index is 6.08. The summed E-state index contributed by atoms with van der Waals surface area (Å²) in [5, 5.41) is 3.39. The Morgan fingerprint density at radius 2 is 1.87 bits per heavy atom. The Hall–Kier alpha value is -0.0800. The first-order valence-corrected chi connectivity index (χ1v) is 6.74. The van der Waals surface area contributed by atoms with E-state index in [0.29, 0.717) is 6.10 Å². The van der Waals surface area contributed by atoms with Crippen molar-refractivity contribution in [3.8, 4) is 0 Å². The Morgan fingerprint density at radius 1 is 1.00 bits per heavy atom. The molecule has 3 atom stereocenters. The quantitative estimate of drug-likeness (QED) is 0.769. The molecule has 0 aromatic carbocycles. The van der Waals surface area contributed by atoms with E-state index in [2.05, 4.69) is 5.32 Å². The van der Waals surface area contributed by atoms with E-state index in [0.717, 1.165) is 37.5 Å². The number of rotatable bonds is 3. The molecule has 2 bridgehead atoms. The highest BCUT2D eigenvalue weighted by Gasteiger charge is 2.39. The number of fused-ring (bicyclic) bond motifs is 2. The average Bonchev–Trinajstić information content (AvgIpc) is 2.89. The van der Waals surface area contributed by atoms with Crippen molar-refractivity contribution in [2.24, 2.45) is 17.8 Å². The van der Waals surface area contributed by atoms with Crippen molar-refractivity contribution in [3.05, 3.63) is 0 Å². The lowest BCUT2D eigenvalue weighted by molar-refractivity contribution is 0.00107. The fourth-order valence-electron chi connectivity index (χ4n) is 3.80. The zero-order chi connectivity index (χ0) is 10.1. The van der Waals surface area contributed by atoms with Crippen molar-refractivity contribution < 1.29 is 4.74 Å². The second kappa shape index (κ2) is 4.42. The molecule has 15 heavy (non-hydrogen) atoms. The lowest BCUT2D eigenvalue weighted by Crippen LogP contribution is -2.33. The van der Waals surface area contributed by atoms with Crippen LogP contribution in [0.2, 0.25) is 0 Å². The van der Waals surface area contributed by atoms with Gasteiger partial charge >= 0.3 is 0 Å². The topological polar surface area (TPSA) is 21.3 Å². The maximum absolute atomic E-state index is 6.08. The van der Waals surface area contributed by atoms with E-state index in [1.54, 1.807) is 0 Å². The minimum absolute atomic E-state index is 0.561. The molecular formula is C13H23NO. The fraction of sp³-hybridized carbons (Fsp3) is 1.00. The van der Waals surface area contributed by atoms with Gasteiger partial charge in [0.1, 0.15) is 0 Å². The molecule has 1 saturated heterocycles. The average molecular weight is 209 g/mol. The molecule has 1 N–H and O–H groups in total. The molecule has 1 aliphatic heterocycles. The molecule has 0 spiro atoms. The highest BCUT2D eigenvalue weighted by molar-refractivity contribution is 4.90. The minimum atomic E-state index is 0.561. The van der Waals surface area contributed by atoms with Gasteiger partial charge in [0.25, 0.3) is 0 Å². The van der Waals surface area contributed by atoms with Gasteiger partial charge in [-0.15, -0.1) is 0 Å². The summed E-state index contributed by atoms with van der Waals surface area (Å²) < 4.78 is 6.08. The number of piperidine rings is 1. The van der Waals surface area contributed by atoms with Crippen molar-refractivity contribution in [1.82, 2.24) is 5.32 Å². The molecule has 2 aliphatic carbocycles. The summed E-state index contributed by atoms with van der Waals surface area (Å²) in [7, 11) is 0. The summed E-state index contributed by atoms with van der Waals surface area (Å²) in [6, 6.07) is 0. The Balaban J connectivity index is 1.42. The third kappa shape index (κ3) is 2.21. The van der Waals surface area contributed by atoms with Gasteiger partial charge in [-0.2, -0.15) is 0 Å². The monoisotopic (exact) mass is 209 g/mol. The predicted octanol–water partition coefficient (Wildman–Crippen LogP) is 2.19. The van der Waals surface area contributed by atoms with Crippen LogP contribution in [0, 0.1) is 17.8 Å². The summed E-state index contributed by atoms with van der Waals surface area (Å²) >= 11 is 0. The normalized spacial score (nSPS) is 41.2.